The highest BCUT2D eigenvalue weighted by atomic mass is 35.5. The number of ether oxygens (including phenoxy) is 1. The molecule has 0 saturated carbocycles. The van der Waals surface area contributed by atoms with Gasteiger partial charge in [-0.3, -0.25) is 0 Å². The normalized spacial score (nSPS) is 30.2. The fourth-order valence-corrected chi connectivity index (χ4v) is 3.33. The van der Waals surface area contributed by atoms with Gasteiger partial charge in [-0.05, 0) is 18.1 Å². The van der Waals surface area contributed by atoms with E-state index >= 15 is 0 Å². The van der Waals surface area contributed by atoms with E-state index in [1.807, 2.05) is 0 Å². The van der Waals surface area contributed by atoms with E-state index in [0.717, 1.165) is 0 Å². The fraction of sp³-hybridized carbons (Fsp3) is 0.500. The van der Waals surface area contributed by atoms with E-state index in [1.54, 1.807) is 6.07 Å². The Labute approximate surface area is 130 Å². The van der Waals surface area contributed by atoms with Crippen LogP contribution in [0.5, 0.6) is 0 Å². The van der Waals surface area contributed by atoms with Crippen molar-refractivity contribution in [1.82, 2.24) is 10.6 Å². The topological polar surface area (TPSA) is 50.4 Å². The Morgan fingerprint density at radius 1 is 1.41 bits per heavy atom. The first kappa shape index (κ1) is 15.4. The number of nitrogens with one attached hydrogen (secondary N) is 2. The molecule has 1 spiro atoms. The number of rotatable bonds is 2. The van der Waals surface area contributed by atoms with Gasteiger partial charge < -0.3 is 15.4 Å². The molecule has 2 aliphatic heterocycles. The van der Waals surface area contributed by atoms with Crippen molar-refractivity contribution in [2.45, 2.75) is 30.3 Å². The van der Waals surface area contributed by atoms with Crippen LogP contribution in [-0.2, 0) is 11.2 Å². The van der Waals surface area contributed by atoms with Crippen LogP contribution >= 0.6 is 11.6 Å². The second-order valence-electron chi connectivity index (χ2n) is 5.54. The highest BCUT2D eigenvalue weighted by Gasteiger charge is 2.64. The van der Waals surface area contributed by atoms with Crippen molar-refractivity contribution >= 4 is 17.7 Å². The van der Waals surface area contributed by atoms with Gasteiger partial charge in [-0.1, -0.05) is 23.7 Å². The number of halogens is 4. The summed E-state index contributed by atoms with van der Waals surface area (Å²) in [6, 6.07) is 3.63. The molecule has 2 heterocycles. The van der Waals surface area contributed by atoms with Crippen LogP contribution in [-0.4, -0.2) is 36.7 Å². The number of carbonyl (C=O) groups is 1. The maximum absolute atomic E-state index is 14.3. The molecule has 1 aromatic rings. The number of benzene rings is 1. The van der Waals surface area contributed by atoms with Gasteiger partial charge in [0.05, 0.1) is 18.2 Å². The van der Waals surface area contributed by atoms with E-state index in [-0.39, 0.29) is 30.0 Å². The van der Waals surface area contributed by atoms with Crippen LogP contribution in [0.4, 0.5) is 18.0 Å². The minimum Gasteiger partial charge on any atom is -0.449 e. The molecule has 120 valence electrons. The Bertz CT molecular complexity index is 614. The van der Waals surface area contributed by atoms with Gasteiger partial charge in [-0.25, -0.2) is 18.0 Å². The summed E-state index contributed by atoms with van der Waals surface area (Å²) < 4.78 is 47.4. The lowest BCUT2D eigenvalue weighted by Gasteiger charge is -2.41. The average molecular weight is 335 g/mol. The van der Waals surface area contributed by atoms with Gasteiger partial charge in [0.25, 0.3) is 5.92 Å². The summed E-state index contributed by atoms with van der Waals surface area (Å²) in [4.78, 5) is 11.4. The monoisotopic (exact) mass is 334 g/mol. The molecule has 2 saturated heterocycles. The Balaban J connectivity index is 1.92. The third-order valence-corrected chi connectivity index (χ3v) is 4.62. The molecule has 22 heavy (non-hydrogen) atoms. The summed E-state index contributed by atoms with van der Waals surface area (Å²) in [5.41, 5.74) is -1.56. The third-order valence-electron chi connectivity index (χ3n) is 4.33. The predicted molar refractivity (Wildman–Crippen MR) is 73.7 cm³/mol. The van der Waals surface area contributed by atoms with Crippen molar-refractivity contribution in [2.75, 3.05) is 13.2 Å². The molecule has 0 aromatic heterocycles. The SMILES string of the molecule is O=C1NC2(CCO1)C(Cc1cccc(Cl)c1F)NCC2(F)F. The molecule has 4 nitrogen and oxygen atoms in total. The number of alkyl halides is 2. The Morgan fingerprint density at radius 2 is 2.18 bits per heavy atom. The third kappa shape index (κ3) is 2.32. The van der Waals surface area contributed by atoms with Crippen LogP contribution in [0.25, 0.3) is 0 Å². The molecule has 2 fully saturated rings. The first-order valence-corrected chi connectivity index (χ1v) is 7.22. The molecule has 2 atom stereocenters. The number of hydrogen-bond acceptors (Lipinski definition) is 3. The lowest BCUT2D eigenvalue weighted by molar-refractivity contribution is -0.0815. The molecule has 1 aromatic carbocycles. The average Bonchev–Trinajstić information content (AvgIpc) is 2.68. The minimum atomic E-state index is -3.15. The Morgan fingerprint density at radius 3 is 2.91 bits per heavy atom. The van der Waals surface area contributed by atoms with Crippen molar-refractivity contribution in [3.8, 4) is 0 Å². The Hall–Kier alpha value is -1.47. The number of alkyl carbamates (subject to hydrolysis) is 1. The van der Waals surface area contributed by atoms with Crippen molar-refractivity contribution < 1.29 is 22.7 Å². The second kappa shape index (κ2) is 5.31. The molecule has 2 unspecified atom stereocenters. The van der Waals surface area contributed by atoms with Crippen LogP contribution < -0.4 is 10.6 Å². The van der Waals surface area contributed by atoms with Crippen LogP contribution in [0, 0.1) is 5.82 Å². The van der Waals surface area contributed by atoms with Gasteiger partial charge in [0.2, 0.25) is 0 Å². The quantitative estimate of drug-likeness (QED) is 0.873. The molecule has 2 aliphatic rings. The van der Waals surface area contributed by atoms with Gasteiger partial charge in [-0.2, -0.15) is 0 Å². The summed E-state index contributed by atoms with van der Waals surface area (Å²) in [6.45, 7) is -0.683. The molecule has 3 rings (SSSR count). The largest absolute Gasteiger partial charge is 0.449 e. The van der Waals surface area contributed by atoms with Gasteiger partial charge in [-0.15, -0.1) is 0 Å². The van der Waals surface area contributed by atoms with Crippen LogP contribution in [0.3, 0.4) is 0 Å². The lowest BCUT2D eigenvalue weighted by Crippen LogP contribution is -2.67. The molecule has 0 radical (unpaired) electrons. The predicted octanol–water partition coefficient (Wildman–Crippen LogP) is 2.50. The maximum atomic E-state index is 14.3. The summed E-state index contributed by atoms with van der Waals surface area (Å²) in [7, 11) is 0. The van der Waals surface area contributed by atoms with Crippen LogP contribution in [0.2, 0.25) is 5.02 Å². The highest BCUT2D eigenvalue weighted by molar-refractivity contribution is 6.30. The molecule has 8 heteroatoms. The van der Waals surface area contributed by atoms with Crippen molar-refractivity contribution in [1.29, 1.82) is 0 Å². The standard InChI is InChI=1S/C14H14ClF3N2O2/c15-9-3-1-2-8(11(9)16)6-10-13(14(17,18)7-19-10)4-5-22-12(21)20-13/h1-3,10,19H,4-7H2,(H,20,21). The zero-order valence-corrected chi connectivity index (χ0v) is 12.2. The summed E-state index contributed by atoms with van der Waals surface area (Å²) in [5.74, 6) is -3.78. The molecule has 0 aliphatic carbocycles. The lowest BCUT2D eigenvalue weighted by atomic mass is 9.81. The number of hydrogen-bond donors (Lipinski definition) is 2. The van der Waals surface area contributed by atoms with Crippen LogP contribution in [0.1, 0.15) is 12.0 Å². The molecule has 1 amide bonds. The Kier molecular flexibility index (Phi) is 3.72. The van der Waals surface area contributed by atoms with Gasteiger partial charge >= 0.3 is 6.09 Å². The fourth-order valence-electron chi connectivity index (χ4n) is 3.13. The minimum absolute atomic E-state index is 0.0116. The first-order chi connectivity index (χ1) is 10.4. The zero-order chi connectivity index (χ0) is 16.0. The van der Waals surface area contributed by atoms with E-state index in [4.69, 9.17) is 16.3 Å². The molecule has 0 bridgehead atoms. The molecular weight excluding hydrogens is 321 g/mol. The zero-order valence-electron chi connectivity index (χ0n) is 11.5. The van der Waals surface area contributed by atoms with E-state index in [9.17, 15) is 18.0 Å². The maximum Gasteiger partial charge on any atom is 0.407 e. The van der Waals surface area contributed by atoms with Gasteiger partial charge in [0, 0.05) is 12.5 Å². The van der Waals surface area contributed by atoms with Gasteiger partial charge in [0.15, 0.2) is 0 Å². The van der Waals surface area contributed by atoms with Crippen molar-refractivity contribution in [3.05, 3.63) is 34.6 Å². The smallest absolute Gasteiger partial charge is 0.407 e. The second-order valence-corrected chi connectivity index (χ2v) is 5.94. The van der Waals surface area contributed by atoms with Crippen LogP contribution in [0.15, 0.2) is 18.2 Å². The van der Waals surface area contributed by atoms with Crippen molar-refractivity contribution in [3.63, 3.8) is 0 Å². The van der Waals surface area contributed by atoms with E-state index < -0.39 is 36.0 Å². The first-order valence-electron chi connectivity index (χ1n) is 6.85. The highest BCUT2D eigenvalue weighted by Crippen LogP contribution is 2.41. The summed E-state index contributed by atoms with van der Waals surface area (Å²) in [5, 5.41) is 4.89. The van der Waals surface area contributed by atoms with E-state index in [2.05, 4.69) is 10.6 Å². The summed E-state index contributed by atoms with van der Waals surface area (Å²) in [6.07, 6.45) is -0.945. The molecular formula is C14H14ClF3N2O2. The van der Waals surface area contributed by atoms with E-state index in [1.165, 1.54) is 12.1 Å². The molecule has 2 N–H and O–H groups in total. The summed E-state index contributed by atoms with van der Waals surface area (Å²) >= 11 is 5.72. The number of amides is 1. The van der Waals surface area contributed by atoms with Gasteiger partial charge in [0.1, 0.15) is 11.4 Å². The number of cyclic esters (lactones) is 1. The van der Waals surface area contributed by atoms with Crippen molar-refractivity contribution in [2.24, 2.45) is 0 Å². The number of carbonyl (C=O) groups excluding carboxylic acids is 1. The van der Waals surface area contributed by atoms with E-state index in [0.29, 0.717) is 0 Å².